The molecule has 4 heteroatoms. The van der Waals surface area contributed by atoms with E-state index in [9.17, 15) is 10.5 Å². The molecule has 0 spiro atoms. The van der Waals surface area contributed by atoms with Gasteiger partial charge in [0.2, 0.25) is 0 Å². The smallest absolute Gasteiger partial charge is 0.189 e. The average Bonchev–Trinajstić information content (AvgIpc) is 2.68. The lowest BCUT2D eigenvalue weighted by Gasteiger charge is -2.58. The first-order valence-electron chi connectivity index (χ1n) is 9.84. The number of pyridine rings is 1. The van der Waals surface area contributed by atoms with Crippen LogP contribution in [0.2, 0.25) is 0 Å². The Bertz CT molecular complexity index is 663. The molecule has 2 saturated carbocycles. The molecule has 1 saturated heterocycles. The van der Waals surface area contributed by atoms with E-state index in [0.29, 0.717) is 18.4 Å². The largest absolute Gasteiger partial charge is 0.296 e. The Morgan fingerprint density at radius 1 is 1.00 bits per heavy atom. The fourth-order valence-electron chi connectivity index (χ4n) is 6.09. The molecule has 0 bridgehead atoms. The zero-order valence-electron chi connectivity index (χ0n) is 14.9. The van der Waals surface area contributed by atoms with Crippen LogP contribution >= 0.6 is 0 Å². The fourth-order valence-corrected chi connectivity index (χ4v) is 6.09. The third-order valence-corrected chi connectivity index (χ3v) is 7.27. The van der Waals surface area contributed by atoms with Gasteiger partial charge in [-0.15, -0.1) is 0 Å². The Morgan fingerprint density at radius 3 is 2.16 bits per heavy atom. The third-order valence-electron chi connectivity index (χ3n) is 7.27. The second-order valence-corrected chi connectivity index (χ2v) is 8.26. The van der Waals surface area contributed by atoms with Gasteiger partial charge in [-0.05, 0) is 44.2 Å². The summed E-state index contributed by atoms with van der Waals surface area (Å²) < 4.78 is 0. The van der Waals surface area contributed by atoms with Crippen LogP contribution in [0.25, 0.3) is 0 Å². The summed E-state index contributed by atoms with van der Waals surface area (Å²) in [7, 11) is 0. The van der Waals surface area contributed by atoms with Gasteiger partial charge < -0.3 is 0 Å². The van der Waals surface area contributed by atoms with Crippen molar-refractivity contribution in [3.8, 4) is 12.1 Å². The fraction of sp³-hybridized carbons (Fsp3) is 0.667. The zero-order chi connectivity index (χ0) is 17.3. The van der Waals surface area contributed by atoms with Crippen molar-refractivity contribution in [2.75, 3.05) is 0 Å². The van der Waals surface area contributed by atoms with Gasteiger partial charge in [0.25, 0.3) is 0 Å². The Labute approximate surface area is 150 Å². The Balaban J connectivity index is 1.81. The van der Waals surface area contributed by atoms with Crippen molar-refractivity contribution < 1.29 is 4.90 Å². The van der Waals surface area contributed by atoms with Crippen LogP contribution in [-0.4, -0.2) is 16.1 Å². The zero-order valence-corrected chi connectivity index (χ0v) is 14.9. The highest BCUT2D eigenvalue weighted by Crippen LogP contribution is 2.47. The minimum absolute atomic E-state index is 0.403. The molecular weight excluding hydrogens is 308 g/mol. The molecule has 4 rings (SSSR count). The van der Waals surface area contributed by atoms with Crippen LogP contribution < -0.4 is 4.90 Å². The standard InChI is InChI=1S/C21H26N4/c22-15-20-10-4-1-7-17(20)13-18-8-2-5-11-21(18,16-23)25(20)14-19-9-3-6-12-24-19/h3,6,9,12,17-18H,1-2,4-5,7-8,10-11,13-14H2/p+1/t17-,18-,20-,21-/m1/s1. The predicted octanol–water partition coefficient (Wildman–Crippen LogP) is 2.78. The number of nitrogens with one attached hydrogen (secondary N) is 1. The van der Waals surface area contributed by atoms with Crippen LogP contribution in [0, 0.1) is 34.5 Å². The molecule has 4 atom stereocenters. The number of aromatic nitrogens is 1. The van der Waals surface area contributed by atoms with Crippen LogP contribution in [0.1, 0.15) is 63.5 Å². The van der Waals surface area contributed by atoms with Gasteiger partial charge >= 0.3 is 0 Å². The lowest BCUT2D eigenvalue weighted by atomic mass is 9.57. The van der Waals surface area contributed by atoms with Gasteiger partial charge in [-0.1, -0.05) is 18.9 Å². The first kappa shape index (κ1) is 16.6. The molecule has 1 N–H and O–H groups in total. The van der Waals surface area contributed by atoms with Crippen molar-refractivity contribution in [3.63, 3.8) is 0 Å². The molecule has 2 aliphatic carbocycles. The van der Waals surface area contributed by atoms with Gasteiger partial charge in [0.15, 0.2) is 11.1 Å². The van der Waals surface area contributed by atoms with E-state index in [0.717, 1.165) is 50.6 Å². The maximum atomic E-state index is 10.3. The molecule has 3 aliphatic rings. The summed E-state index contributed by atoms with van der Waals surface area (Å²) in [4.78, 5) is 5.77. The summed E-state index contributed by atoms with van der Waals surface area (Å²) in [5.74, 6) is 0.879. The number of likely N-dealkylation sites (tertiary alicyclic amines) is 1. The van der Waals surface area contributed by atoms with Crippen molar-refractivity contribution in [3.05, 3.63) is 30.1 Å². The first-order valence-corrected chi connectivity index (χ1v) is 9.84. The Morgan fingerprint density at radius 2 is 1.64 bits per heavy atom. The molecule has 2 heterocycles. The summed E-state index contributed by atoms with van der Waals surface area (Å²) in [6.45, 7) is 0.703. The van der Waals surface area contributed by atoms with Gasteiger partial charge in [-0.2, -0.15) is 10.5 Å². The Hall–Kier alpha value is -1.91. The maximum Gasteiger partial charge on any atom is 0.189 e. The van der Waals surface area contributed by atoms with Crippen LogP contribution in [-0.2, 0) is 6.54 Å². The molecule has 130 valence electrons. The van der Waals surface area contributed by atoms with Crippen LogP contribution in [0.3, 0.4) is 0 Å². The predicted molar refractivity (Wildman–Crippen MR) is 94.1 cm³/mol. The van der Waals surface area contributed by atoms with Gasteiger partial charge in [0.1, 0.15) is 18.7 Å². The van der Waals surface area contributed by atoms with Gasteiger partial charge in [0.05, 0.1) is 5.69 Å². The lowest BCUT2D eigenvalue weighted by molar-refractivity contribution is -1.01. The molecular formula is C21H27N4+. The second-order valence-electron chi connectivity index (χ2n) is 8.26. The molecule has 0 amide bonds. The number of fused-ring (bicyclic) bond motifs is 2. The highest BCUT2D eigenvalue weighted by molar-refractivity contribution is 5.18. The molecule has 0 aromatic carbocycles. The number of nitrogens with zero attached hydrogens (tertiary/aromatic N) is 3. The van der Waals surface area contributed by atoms with Crippen LogP contribution in [0.4, 0.5) is 0 Å². The summed E-state index contributed by atoms with van der Waals surface area (Å²) >= 11 is 0. The lowest BCUT2D eigenvalue weighted by Crippen LogP contribution is -3.28. The van der Waals surface area contributed by atoms with Crippen molar-refractivity contribution >= 4 is 0 Å². The molecule has 3 fully saturated rings. The maximum absolute atomic E-state index is 10.3. The topological polar surface area (TPSA) is 64.9 Å². The average molecular weight is 335 g/mol. The van der Waals surface area contributed by atoms with Crippen molar-refractivity contribution in [1.29, 1.82) is 10.5 Å². The number of nitriles is 2. The monoisotopic (exact) mass is 335 g/mol. The molecule has 1 aliphatic heterocycles. The van der Waals surface area contributed by atoms with E-state index in [1.807, 2.05) is 24.4 Å². The summed E-state index contributed by atoms with van der Waals surface area (Å²) in [5, 5.41) is 20.6. The number of rotatable bonds is 2. The normalized spacial score (nSPS) is 40.2. The highest BCUT2D eigenvalue weighted by atomic mass is 15.3. The molecule has 1 aromatic heterocycles. The quantitative estimate of drug-likeness (QED) is 0.904. The number of piperidine rings is 1. The third kappa shape index (κ3) is 2.47. The Kier molecular flexibility index (Phi) is 4.26. The number of quaternary nitrogens is 1. The highest BCUT2D eigenvalue weighted by Gasteiger charge is 2.65. The molecule has 1 aromatic rings. The van der Waals surface area contributed by atoms with Gasteiger partial charge in [-0.25, -0.2) is 0 Å². The SMILES string of the molecule is N#C[C@]12CCCC[C@@H]1C[C@H]1CCCC[C@]1(C#N)[NH+]2Cc1ccccn1. The number of hydrogen-bond acceptors (Lipinski definition) is 3. The van der Waals surface area contributed by atoms with Gasteiger partial charge in [-0.3, -0.25) is 9.88 Å². The van der Waals surface area contributed by atoms with E-state index in [4.69, 9.17) is 0 Å². The van der Waals surface area contributed by atoms with E-state index in [2.05, 4.69) is 17.1 Å². The first-order chi connectivity index (χ1) is 12.2. The summed E-state index contributed by atoms with van der Waals surface area (Å²) in [6, 6.07) is 11.5. The van der Waals surface area contributed by atoms with Crippen molar-refractivity contribution in [2.24, 2.45) is 11.8 Å². The van der Waals surface area contributed by atoms with Crippen LogP contribution in [0.15, 0.2) is 24.4 Å². The summed E-state index contributed by atoms with van der Waals surface area (Å²) in [5.41, 5.74) is 0.205. The molecule has 25 heavy (non-hydrogen) atoms. The van der Waals surface area contributed by atoms with Crippen LogP contribution in [0.5, 0.6) is 0 Å². The minimum Gasteiger partial charge on any atom is -0.296 e. The van der Waals surface area contributed by atoms with E-state index in [1.54, 1.807) is 0 Å². The molecule has 4 nitrogen and oxygen atoms in total. The van der Waals surface area contributed by atoms with Gasteiger partial charge in [0, 0.05) is 30.9 Å². The van der Waals surface area contributed by atoms with E-state index in [1.165, 1.54) is 17.7 Å². The van der Waals surface area contributed by atoms with E-state index < -0.39 is 11.1 Å². The van der Waals surface area contributed by atoms with Crippen molar-refractivity contribution in [1.82, 2.24) is 4.98 Å². The molecule has 0 radical (unpaired) electrons. The minimum atomic E-state index is -0.403. The second kappa shape index (κ2) is 6.43. The van der Waals surface area contributed by atoms with E-state index >= 15 is 0 Å². The van der Waals surface area contributed by atoms with E-state index in [-0.39, 0.29) is 0 Å². The molecule has 0 unspecified atom stereocenters. The summed E-state index contributed by atoms with van der Waals surface area (Å²) in [6.07, 6.45) is 11.8. The van der Waals surface area contributed by atoms with Crippen molar-refractivity contribution in [2.45, 2.75) is 75.4 Å². The number of hydrogen-bond donors (Lipinski definition) is 1.